The van der Waals surface area contributed by atoms with Crippen molar-refractivity contribution in [2.45, 2.75) is 38.4 Å². The van der Waals surface area contributed by atoms with Crippen LogP contribution < -0.4 is 0 Å². The summed E-state index contributed by atoms with van der Waals surface area (Å²) in [6, 6.07) is 0. The molecular weight excluding hydrogens is 172 g/mol. The number of carbonyl (C=O) groups is 2. The van der Waals surface area contributed by atoms with Crippen molar-refractivity contribution < 1.29 is 19.1 Å². The molecule has 0 spiro atoms. The lowest BCUT2D eigenvalue weighted by Crippen LogP contribution is -2.42. The molecule has 0 aliphatic carbocycles. The minimum atomic E-state index is -0.123. The fourth-order valence-electron chi connectivity index (χ4n) is 1.70. The van der Waals surface area contributed by atoms with E-state index >= 15 is 0 Å². The molecule has 2 heterocycles. The van der Waals surface area contributed by atoms with Crippen molar-refractivity contribution in [3.63, 3.8) is 0 Å². The minimum absolute atomic E-state index is 0.0480. The van der Waals surface area contributed by atoms with Crippen LogP contribution in [0.1, 0.15) is 26.2 Å². The number of ether oxygens (including phenoxy) is 2. The molecule has 2 saturated heterocycles. The maximum Gasteiger partial charge on any atom is 0.309 e. The van der Waals surface area contributed by atoms with Gasteiger partial charge in [-0.25, -0.2) is 0 Å². The van der Waals surface area contributed by atoms with E-state index in [1.54, 1.807) is 0 Å². The highest BCUT2D eigenvalue weighted by Gasteiger charge is 2.37. The summed E-state index contributed by atoms with van der Waals surface area (Å²) < 4.78 is 9.79. The van der Waals surface area contributed by atoms with E-state index in [-0.39, 0.29) is 24.1 Å². The van der Waals surface area contributed by atoms with Crippen LogP contribution in [0, 0.1) is 5.92 Å². The lowest BCUT2D eigenvalue weighted by Gasteiger charge is -2.34. The van der Waals surface area contributed by atoms with Crippen molar-refractivity contribution in [3.8, 4) is 0 Å². The van der Waals surface area contributed by atoms with E-state index in [2.05, 4.69) is 0 Å². The molecule has 2 aliphatic heterocycles. The Kier molecular flexibility index (Phi) is 1.98. The van der Waals surface area contributed by atoms with Gasteiger partial charge in [0.25, 0.3) is 0 Å². The van der Waals surface area contributed by atoms with E-state index in [0.717, 1.165) is 6.42 Å². The SMILES string of the molecule is CC(CC1CC(=O)O1)C1CC(=O)O1. The molecule has 0 saturated carbocycles. The molecule has 0 aromatic rings. The predicted octanol–water partition coefficient (Wildman–Crippen LogP) is 0.644. The number of hydrogen-bond acceptors (Lipinski definition) is 4. The van der Waals surface area contributed by atoms with E-state index in [1.165, 1.54) is 0 Å². The highest BCUT2D eigenvalue weighted by atomic mass is 16.6. The molecule has 2 aliphatic rings. The minimum Gasteiger partial charge on any atom is -0.462 e. The molecule has 2 rings (SSSR count). The third-order valence-electron chi connectivity index (χ3n) is 2.61. The molecule has 0 bridgehead atoms. The second-order valence-electron chi connectivity index (χ2n) is 3.76. The molecule has 0 aromatic carbocycles. The summed E-state index contributed by atoms with van der Waals surface area (Å²) in [5.41, 5.74) is 0. The molecule has 72 valence electrons. The summed E-state index contributed by atoms with van der Waals surface area (Å²) in [5, 5.41) is 0. The summed E-state index contributed by atoms with van der Waals surface area (Å²) in [7, 11) is 0. The van der Waals surface area contributed by atoms with Crippen molar-refractivity contribution in [1.29, 1.82) is 0 Å². The second-order valence-corrected chi connectivity index (χ2v) is 3.76. The molecule has 0 N–H and O–H groups in total. The van der Waals surface area contributed by atoms with E-state index < -0.39 is 0 Å². The monoisotopic (exact) mass is 184 g/mol. The van der Waals surface area contributed by atoms with Crippen LogP contribution in [0.5, 0.6) is 0 Å². The number of cyclic esters (lactones) is 2. The first-order valence-corrected chi connectivity index (χ1v) is 4.54. The number of esters is 2. The Hall–Kier alpha value is -1.06. The summed E-state index contributed by atoms with van der Waals surface area (Å²) in [5.74, 6) is 0.0565. The van der Waals surface area contributed by atoms with Crippen molar-refractivity contribution in [3.05, 3.63) is 0 Å². The first-order chi connectivity index (χ1) is 6.15. The predicted molar refractivity (Wildman–Crippen MR) is 42.8 cm³/mol. The average Bonchev–Trinajstić information content (AvgIpc) is 1.95. The van der Waals surface area contributed by atoms with Gasteiger partial charge in [0.15, 0.2) is 0 Å². The molecule has 2 fully saturated rings. The Morgan fingerprint density at radius 3 is 2.31 bits per heavy atom. The van der Waals surface area contributed by atoms with Crippen molar-refractivity contribution in [2.24, 2.45) is 5.92 Å². The lowest BCUT2D eigenvalue weighted by atomic mass is 9.90. The van der Waals surface area contributed by atoms with Crippen LogP contribution >= 0.6 is 0 Å². The van der Waals surface area contributed by atoms with Gasteiger partial charge in [-0.3, -0.25) is 9.59 Å². The van der Waals surface area contributed by atoms with Gasteiger partial charge in [-0.05, 0) is 12.3 Å². The summed E-state index contributed by atoms with van der Waals surface area (Å²) in [6.45, 7) is 2.02. The van der Waals surface area contributed by atoms with Gasteiger partial charge in [-0.2, -0.15) is 0 Å². The molecule has 13 heavy (non-hydrogen) atoms. The van der Waals surface area contributed by atoms with Crippen LogP contribution in [-0.4, -0.2) is 24.1 Å². The van der Waals surface area contributed by atoms with Crippen LogP contribution in [0.2, 0.25) is 0 Å². The first-order valence-electron chi connectivity index (χ1n) is 4.54. The normalized spacial score (nSPS) is 33.9. The second kappa shape index (κ2) is 3.01. The number of hydrogen-bond donors (Lipinski definition) is 0. The Balaban J connectivity index is 1.70. The molecule has 4 nitrogen and oxygen atoms in total. The smallest absolute Gasteiger partial charge is 0.309 e. The van der Waals surface area contributed by atoms with Gasteiger partial charge in [0.1, 0.15) is 12.2 Å². The molecule has 3 unspecified atom stereocenters. The lowest BCUT2D eigenvalue weighted by molar-refractivity contribution is -0.182. The van der Waals surface area contributed by atoms with Crippen LogP contribution in [0.3, 0.4) is 0 Å². The van der Waals surface area contributed by atoms with Crippen LogP contribution in [0.4, 0.5) is 0 Å². The van der Waals surface area contributed by atoms with Crippen LogP contribution in [-0.2, 0) is 19.1 Å². The highest BCUT2D eigenvalue weighted by Crippen LogP contribution is 2.29. The summed E-state index contributed by atoms with van der Waals surface area (Å²) >= 11 is 0. The van der Waals surface area contributed by atoms with E-state index in [1.807, 2.05) is 6.92 Å². The maximum absolute atomic E-state index is 10.5. The third kappa shape index (κ3) is 1.66. The quantitative estimate of drug-likeness (QED) is 0.604. The van der Waals surface area contributed by atoms with Crippen LogP contribution in [0.15, 0.2) is 0 Å². The van der Waals surface area contributed by atoms with Crippen molar-refractivity contribution in [1.82, 2.24) is 0 Å². The summed E-state index contributed by atoms with van der Waals surface area (Å²) in [4.78, 5) is 21.0. The van der Waals surface area contributed by atoms with E-state index in [0.29, 0.717) is 18.8 Å². The fraction of sp³-hybridized carbons (Fsp3) is 0.778. The van der Waals surface area contributed by atoms with Gasteiger partial charge in [0.05, 0.1) is 12.8 Å². The Labute approximate surface area is 76.2 Å². The topological polar surface area (TPSA) is 52.6 Å². The van der Waals surface area contributed by atoms with E-state index in [9.17, 15) is 9.59 Å². The van der Waals surface area contributed by atoms with Gasteiger partial charge in [-0.1, -0.05) is 6.92 Å². The Morgan fingerprint density at radius 1 is 1.31 bits per heavy atom. The zero-order valence-electron chi connectivity index (χ0n) is 7.49. The van der Waals surface area contributed by atoms with E-state index in [4.69, 9.17) is 9.47 Å². The molecular formula is C9H12O4. The highest BCUT2D eigenvalue weighted by molar-refractivity contribution is 5.76. The molecule has 0 radical (unpaired) electrons. The number of carbonyl (C=O) groups excluding carboxylic acids is 2. The standard InChI is InChI=1S/C9H12O4/c1-5(7-4-9(11)13-7)2-6-3-8(10)12-6/h5-7H,2-4H2,1H3. The Bertz CT molecular complexity index is 232. The van der Waals surface area contributed by atoms with Gasteiger partial charge in [0.2, 0.25) is 0 Å². The molecule has 0 amide bonds. The largest absolute Gasteiger partial charge is 0.462 e. The van der Waals surface area contributed by atoms with Crippen LogP contribution in [0.25, 0.3) is 0 Å². The zero-order chi connectivity index (χ0) is 9.42. The fourth-order valence-corrected chi connectivity index (χ4v) is 1.70. The summed E-state index contributed by atoms with van der Waals surface area (Å²) in [6.07, 6.45) is 1.95. The third-order valence-corrected chi connectivity index (χ3v) is 2.61. The van der Waals surface area contributed by atoms with Crippen molar-refractivity contribution >= 4 is 11.9 Å². The molecule has 4 heteroatoms. The van der Waals surface area contributed by atoms with Gasteiger partial charge in [0, 0.05) is 0 Å². The molecule has 3 atom stereocenters. The zero-order valence-corrected chi connectivity index (χ0v) is 7.49. The molecule has 0 aromatic heterocycles. The van der Waals surface area contributed by atoms with Gasteiger partial charge < -0.3 is 9.47 Å². The van der Waals surface area contributed by atoms with Gasteiger partial charge >= 0.3 is 11.9 Å². The first kappa shape index (κ1) is 8.53. The van der Waals surface area contributed by atoms with Crippen molar-refractivity contribution in [2.75, 3.05) is 0 Å². The maximum atomic E-state index is 10.5. The number of rotatable bonds is 3. The average molecular weight is 184 g/mol. The Morgan fingerprint density at radius 2 is 1.85 bits per heavy atom. The van der Waals surface area contributed by atoms with Gasteiger partial charge in [-0.15, -0.1) is 0 Å².